The molecule has 1 heterocycles. The fraction of sp³-hybridized carbons (Fsp3) is 0.100. The molecule has 0 aliphatic carbocycles. The number of anilines is 1. The molecule has 0 unspecified atom stereocenters. The molecule has 1 amide bonds. The Bertz CT molecular complexity index is 1090. The van der Waals surface area contributed by atoms with Crippen molar-refractivity contribution in [1.82, 2.24) is 4.98 Å². The Hall–Kier alpha value is -2.89. The number of carbonyl (C=O) groups excluding carboxylic acids is 1. The lowest BCUT2D eigenvalue weighted by Crippen LogP contribution is -2.14. The van der Waals surface area contributed by atoms with E-state index in [0.717, 1.165) is 30.3 Å². The van der Waals surface area contributed by atoms with Crippen LogP contribution >= 0.6 is 22.6 Å². The van der Waals surface area contributed by atoms with Crippen LogP contribution in [-0.4, -0.2) is 18.0 Å². The average molecular weight is 532 g/mol. The summed E-state index contributed by atoms with van der Waals surface area (Å²) in [6, 6.07) is 9.00. The molecule has 10 heteroatoms. The topological polar surface area (TPSA) is 60.5 Å². The number of nitrogens with zero attached hydrogens (tertiary/aromatic N) is 1. The first-order valence-electron chi connectivity index (χ1n) is 8.33. The molecular formula is C20H13F4IN2O3. The van der Waals surface area contributed by atoms with Crippen molar-refractivity contribution in [2.75, 3.05) is 12.4 Å². The van der Waals surface area contributed by atoms with Gasteiger partial charge >= 0.3 is 6.18 Å². The van der Waals surface area contributed by atoms with Crippen molar-refractivity contribution < 1.29 is 31.8 Å². The summed E-state index contributed by atoms with van der Waals surface area (Å²) < 4.78 is 63.7. The zero-order valence-electron chi connectivity index (χ0n) is 15.3. The van der Waals surface area contributed by atoms with Gasteiger partial charge in [0.15, 0.2) is 0 Å². The van der Waals surface area contributed by atoms with Crippen LogP contribution in [0, 0.1) is 9.39 Å². The molecule has 0 saturated heterocycles. The smallest absolute Gasteiger partial charge is 0.416 e. The van der Waals surface area contributed by atoms with E-state index in [0.29, 0.717) is 9.26 Å². The van der Waals surface area contributed by atoms with Crippen LogP contribution in [0.15, 0.2) is 54.7 Å². The van der Waals surface area contributed by atoms with Crippen molar-refractivity contribution in [3.8, 4) is 17.4 Å². The maximum absolute atomic E-state index is 13.3. The normalized spacial score (nSPS) is 11.1. The number of pyridine rings is 1. The van der Waals surface area contributed by atoms with Crippen molar-refractivity contribution in [2.24, 2.45) is 0 Å². The second kappa shape index (κ2) is 8.86. The predicted molar refractivity (Wildman–Crippen MR) is 109 cm³/mol. The van der Waals surface area contributed by atoms with Gasteiger partial charge in [0.2, 0.25) is 5.88 Å². The lowest BCUT2D eigenvalue weighted by Gasteiger charge is -2.15. The fourth-order valence-electron chi connectivity index (χ4n) is 2.44. The third-order valence-corrected chi connectivity index (χ3v) is 4.71. The standard InChI is InChI=1S/C20H13F4IN2O3/c1-29-18-10-13(6-7-26-18)27-19(28)14-4-2-11(20(22,23)24)8-17(14)30-16-5-3-12(21)9-15(16)25/h2-10H,1H3,(H,26,27,28). The lowest BCUT2D eigenvalue weighted by molar-refractivity contribution is -0.137. The minimum Gasteiger partial charge on any atom is -0.481 e. The number of ether oxygens (including phenoxy) is 2. The first-order chi connectivity index (χ1) is 14.2. The third kappa shape index (κ3) is 5.17. The van der Waals surface area contributed by atoms with Crippen LogP contribution in [0.4, 0.5) is 23.2 Å². The van der Waals surface area contributed by atoms with Gasteiger partial charge in [-0.15, -0.1) is 0 Å². The minimum atomic E-state index is -4.64. The van der Waals surface area contributed by atoms with Crippen LogP contribution < -0.4 is 14.8 Å². The molecule has 3 aromatic rings. The summed E-state index contributed by atoms with van der Waals surface area (Å²) in [6.07, 6.45) is -3.24. The number of halogens is 5. The number of amides is 1. The number of benzene rings is 2. The molecule has 156 valence electrons. The summed E-state index contributed by atoms with van der Waals surface area (Å²) in [5.41, 5.74) is -0.801. The zero-order chi connectivity index (χ0) is 21.9. The number of aromatic nitrogens is 1. The van der Waals surface area contributed by atoms with E-state index in [1.165, 1.54) is 31.5 Å². The molecule has 2 aromatic carbocycles. The molecule has 0 spiro atoms. The molecule has 3 rings (SSSR count). The quantitative estimate of drug-likeness (QED) is 0.329. The Morgan fingerprint density at radius 1 is 1.07 bits per heavy atom. The highest BCUT2D eigenvalue weighted by Gasteiger charge is 2.32. The highest BCUT2D eigenvalue weighted by atomic mass is 127. The van der Waals surface area contributed by atoms with Crippen molar-refractivity contribution in [1.29, 1.82) is 0 Å². The van der Waals surface area contributed by atoms with E-state index in [2.05, 4.69) is 10.3 Å². The monoisotopic (exact) mass is 532 g/mol. The minimum absolute atomic E-state index is 0.107. The second-order valence-electron chi connectivity index (χ2n) is 5.93. The lowest BCUT2D eigenvalue weighted by atomic mass is 10.1. The van der Waals surface area contributed by atoms with Gasteiger partial charge in [-0.05, 0) is 65.1 Å². The van der Waals surface area contributed by atoms with Crippen LogP contribution in [0.5, 0.6) is 17.4 Å². The first kappa shape index (κ1) is 21.8. The van der Waals surface area contributed by atoms with E-state index in [-0.39, 0.29) is 22.9 Å². The molecule has 0 atom stereocenters. The molecule has 1 aromatic heterocycles. The summed E-state index contributed by atoms with van der Waals surface area (Å²) in [5, 5.41) is 2.56. The highest BCUT2D eigenvalue weighted by molar-refractivity contribution is 14.1. The third-order valence-electron chi connectivity index (χ3n) is 3.87. The average Bonchev–Trinajstić information content (AvgIpc) is 2.69. The maximum atomic E-state index is 13.3. The first-order valence-corrected chi connectivity index (χ1v) is 9.41. The van der Waals surface area contributed by atoms with Gasteiger partial charge in [-0.3, -0.25) is 4.79 Å². The van der Waals surface area contributed by atoms with Crippen molar-refractivity contribution in [3.63, 3.8) is 0 Å². The molecule has 5 nitrogen and oxygen atoms in total. The van der Waals surface area contributed by atoms with Crippen LogP contribution in [0.1, 0.15) is 15.9 Å². The molecule has 0 aliphatic rings. The Morgan fingerprint density at radius 2 is 1.83 bits per heavy atom. The van der Waals surface area contributed by atoms with Crippen LogP contribution in [0.3, 0.4) is 0 Å². The summed E-state index contributed by atoms with van der Waals surface area (Å²) in [4.78, 5) is 16.6. The van der Waals surface area contributed by atoms with E-state index < -0.39 is 23.5 Å². The van der Waals surface area contributed by atoms with E-state index in [1.54, 1.807) is 22.6 Å². The Balaban J connectivity index is 1.98. The second-order valence-corrected chi connectivity index (χ2v) is 7.09. The van der Waals surface area contributed by atoms with Crippen molar-refractivity contribution in [3.05, 3.63) is 75.2 Å². The summed E-state index contributed by atoms with van der Waals surface area (Å²) >= 11 is 1.78. The molecule has 1 N–H and O–H groups in total. The summed E-state index contributed by atoms with van der Waals surface area (Å²) in [5.74, 6) is -1.20. The van der Waals surface area contributed by atoms with Crippen molar-refractivity contribution in [2.45, 2.75) is 6.18 Å². The molecular weight excluding hydrogens is 519 g/mol. The number of carbonyl (C=O) groups is 1. The van der Waals surface area contributed by atoms with Crippen LogP contribution in [0.2, 0.25) is 0 Å². The SMILES string of the molecule is COc1cc(NC(=O)c2ccc(C(F)(F)F)cc2Oc2ccc(F)cc2I)ccn1. The number of nitrogens with one attached hydrogen (secondary N) is 1. The summed E-state index contributed by atoms with van der Waals surface area (Å²) in [6.45, 7) is 0. The number of methoxy groups -OCH3 is 1. The Labute approximate surface area is 182 Å². The number of hydrogen-bond acceptors (Lipinski definition) is 4. The molecule has 0 radical (unpaired) electrons. The van der Waals surface area contributed by atoms with Gasteiger partial charge in [0.1, 0.15) is 17.3 Å². The van der Waals surface area contributed by atoms with E-state index in [9.17, 15) is 22.4 Å². The van der Waals surface area contributed by atoms with Crippen LogP contribution in [-0.2, 0) is 6.18 Å². The van der Waals surface area contributed by atoms with Gasteiger partial charge in [-0.1, -0.05) is 0 Å². The fourth-order valence-corrected chi connectivity index (χ4v) is 3.03. The Morgan fingerprint density at radius 3 is 2.50 bits per heavy atom. The molecule has 0 saturated carbocycles. The highest BCUT2D eigenvalue weighted by Crippen LogP contribution is 2.36. The van der Waals surface area contributed by atoms with Crippen molar-refractivity contribution >= 4 is 34.2 Å². The van der Waals surface area contributed by atoms with Gasteiger partial charge in [0, 0.05) is 18.0 Å². The maximum Gasteiger partial charge on any atom is 0.416 e. The molecule has 0 bridgehead atoms. The predicted octanol–water partition coefficient (Wildman–Crippen LogP) is 5.90. The van der Waals surface area contributed by atoms with Crippen LogP contribution in [0.25, 0.3) is 0 Å². The van der Waals surface area contributed by atoms with Gasteiger partial charge in [-0.25, -0.2) is 9.37 Å². The molecule has 0 aliphatic heterocycles. The zero-order valence-corrected chi connectivity index (χ0v) is 17.4. The van der Waals surface area contributed by atoms with Gasteiger partial charge < -0.3 is 14.8 Å². The summed E-state index contributed by atoms with van der Waals surface area (Å²) in [7, 11) is 1.40. The number of rotatable bonds is 5. The van der Waals surface area contributed by atoms with E-state index >= 15 is 0 Å². The van der Waals surface area contributed by atoms with Gasteiger partial charge in [-0.2, -0.15) is 13.2 Å². The molecule has 0 fully saturated rings. The van der Waals surface area contributed by atoms with Gasteiger partial charge in [0.25, 0.3) is 5.91 Å². The van der Waals surface area contributed by atoms with E-state index in [4.69, 9.17) is 9.47 Å². The molecule has 30 heavy (non-hydrogen) atoms. The largest absolute Gasteiger partial charge is 0.481 e. The van der Waals surface area contributed by atoms with Gasteiger partial charge in [0.05, 0.1) is 21.8 Å². The number of alkyl halides is 3. The van der Waals surface area contributed by atoms with E-state index in [1.807, 2.05) is 0 Å². The Kier molecular flexibility index (Phi) is 6.44. The number of hydrogen-bond donors (Lipinski definition) is 1.